The monoisotopic (exact) mass is 307 g/mol. The number of nitrogens with zero attached hydrogens (tertiary/aromatic N) is 2. The Morgan fingerprint density at radius 3 is 2.48 bits per heavy atom. The number of halogens is 3. The Kier molecular flexibility index (Phi) is 5.21. The van der Waals surface area contributed by atoms with Crippen LogP contribution in [0, 0.1) is 0 Å². The first kappa shape index (κ1) is 16.2. The number of ether oxygens (including phenoxy) is 1. The maximum atomic E-state index is 12.1. The molecule has 2 rings (SSSR count). The predicted molar refractivity (Wildman–Crippen MR) is 68.4 cm³/mol. The van der Waals surface area contributed by atoms with Gasteiger partial charge in [-0.1, -0.05) is 30.8 Å². The third kappa shape index (κ3) is 4.41. The molecule has 0 aliphatic heterocycles. The fourth-order valence-corrected chi connectivity index (χ4v) is 2.64. The van der Waals surface area contributed by atoms with Crippen molar-refractivity contribution in [2.45, 2.75) is 56.8 Å². The minimum atomic E-state index is -4.25. The smallest absolute Gasteiger partial charge is 0.370 e. The molecule has 120 valence electrons. The van der Waals surface area contributed by atoms with Crippen LogP contribution in [-0.2, 0) is 16.9 Å². The zero-order valence-electron chi connectivity index (χ0n) is 12.0. The van der Waals surface area contributed by atoms with Crippen LogP contribution in [0.5, 0.6) is 0 Å². The van der Waals surface area contributed by atoms with Crippen molar-refractivity contribution in [2.24, 2.45) is 0 Å². The minimum Gasteiger partial charge on any atom is -0.370 e. The first-order valence-electron chi connectivity index (χ1n) is 7.11. The Balaban J connectivity index is 2.00. The van der Waals surface area contributed by atoms with Gasteiger partial charge in [0.25, 0.3) is 0 Å². The summed E-state index contributed by atoms with van der Waals surface area (Å²) in [5, 5.41) is 6.15. The molecule has 0 aromatic carbocycles. The van der Waals surface area contributed by atoms with Crippen molar-refractivity contribution in [3.63, 3.8) is 0 Å². The van der Waals surface area contributed by atoms with E-state index in [1.165, 1.54) is 0 Å². The van der Waals surface area contributed by atoms with Crippen LogP contribution in [-0.4, -0.2) is 30.0 Å². The second kappa shape index (κ2) is 6.74. The fourth-order valence-electron chi connectivity index (χ4n) is 2.64. The number of hydrogen-bond donors (Lipinski definition) is 1. The molecule has 1 heterocycles. The standard InChI is InChI=1S/C13H20F3N3O2/c1-20-12(6-4-2-3-5-7-12)11-18-10(21-19-11)8-17-9-13(14,15)16/h17H,2-9H2,1H3. The summed E-state index contributed by atoms with van der Waals surface area (Å²) in [6.07, 6.45) is 1.68. The molecule has 0 bridgehead atoms. The number of nitrogens with one attached hydrogen (secondary N) is 1. The zero-order chi connectivity index (χ0) is 15.3. The summed E-state index contributed by atoms with van der Waals surface area (Å²) >= 11 is 0. The molecule has 5 nitrogen and oxygen atoms in total. The SMILES string of the molecule is COC1(c2noc(CNCC(F)(F)F)n2)CCCCCC1. The Morgan fingerprint density at radius 1 is 1.24 bits per heavy atom. The molecule has 1 aliphatic rings. The highest BCUT2D eigenvalue weighted by atomic mass is 19.4. The maximum absolute atomic E-state index is 12.1. The molecule has 0 spiro atoms. The summed E-state index contributed by atoms with van der Waals surface area (Å²) in [4.78, 5) is 4.21. The van der Waals surface area contributed by atoms with Crippen LogP contribution in [0.3, 0.4) is 0 Å². The summed E-state index contributed by atoms with van der Waals surface area (Å²) in [5.74, 6) is 0.589. The Hall–Kier alpha value is -1.15. The first-order valence-corrected chi connectivity index (χ1v) is 7.11. The number of aromatic nitrogens is 2. The number of rotatable bonds is 5. The third-order valence-corrected chi connectivity index (χ3v) is 3.78. The van der Waals surface area contributed by atoms with Crippen LogP contribution in [0.1, 0.15) is 50.2 Å². The van der Waals surface area contributed by atoms with Gasteiger partial charge in [0.05, 0.1) is 13.1 Å². The van der Waals surface area contributed by atoms with Crippen LogP contribution >= 0.6 is 0 Å². The van der Waals surface area contributed by atoms with Crippen molar-refractivity contribution in [2.75, 3.05) is 13.7 Å². The van der Waals surface area contributed by atoms with E-state index < -0.39 is 18.3 Å². The van der Waals surface area contributed by atoms with E-state index >= 15 is 0 Å². The van der Waals surface area contributed by atoms with Crippen molar-refractivity contribution in [1.82, 2.24) is 15.5 Å². The number of hydrogen-bond acceptors (Lipinski definition) is 5. The van der Waals surface area contributed by atoms with Gasteiger partial charge >= 0.3 is 6.18 Å². The predicted octanol–water partition coefficient (Wildman–Crippen LogP) is 2.92. The van der Waals surface area contributed by atoms with Gasteiger partial charge < -0.3 is 14.6 Å². The fraction of sp³-hybridized carbons (Fsp3) is 0.846. The minimum absolute atomic E-state index is 0.105. The lowest BCUT2D eigenvalue weighted by atomic mass is 9.93. The molecule has 21 heavy (non-hydrogen) atoms. The average Bonchev–Trinajstić information content (AvgIpc) is 2.75. The van der Waals surface area contributed by atoms with Crippen LogP contribution in [0.15, 0.2) is 4.52 Å². The molecule has 8 heteroatoms. The van der Waals surface area contributed by atoms with E-state index in [-0.39, 0.29) is 12.4 Å². The Bertz CT molecular complexity index is 440. The molecular weight excluding hydrogens is 287 g/mol. The summed E-state index contributed by atoms with van der Waals surface area (Å²) in [7, 11) is 1.61. The van der Waals surface area contributed by atoms with E-state index in [1.807, 2.05) is 0 Å². The van der Waals surface area contributed by atoms with Gasteiger partial charge in [-0.3, -0.25) is 0 Å². The lowest BCUT2D eigenvalue weighted by molar-refractivity contribution is -0.125. The van der Waals surface area contributed by atoms with Crippen molar-refractivity contribution in [3.8, 4) is 0 Å². The average molecular weight is 307 g/mol. The van der Waals surface area contributed by atoms with Crippen LogP contribution in [0.25, 0.3) is 0 Å². The van der Waals surface area contributed by atoms with E-state index in [2.05, 4.69) is 15.5 Å². The third-order valence-electron chi connectivity index (χ3n) is 3.78. The summed E-state index contributed by atoms with van der Waals surface area (Å²) < 4.78 is 46.9. The van der Waals surface area contributed by atoms with Crippen LogP contribution in [0.2, 0.25) is 0 Å². The quantitative estimate of drug-likeness (QED) is 0.848. The highest BCUT2D eigenvalue weighted by Crippen LogP contribution is 2.37. The summed E-state index contributed by atoms with van der Waals surface area (Å²) in [6.45, 7) is -1.19. The topological polar surface area (TPSA) is 60.2 Å². The molecule has 0 unspecified atom stereocenters. The molecule has 0 atom stereocenters. The highest BCUT2D eigenvalue weighted by molar-refractivity contribution is 5.02. The maximum Gasteiger partial charge on any atom is 0.401 e. The van der Waals surface area contributed by atoms with E-state index in [4.69, 9.17) is 9.26 Å². The largest absolute Gasteiger partial charge is 0.401 e. The number of alkyl halides is 3. The second-order valence-electron chi connectivity index (χ2n) is 5.34. The van der Waals surface area contributed by atoms with Gasteiger partial charge in [-0.15, -0.1) is 0 Å². The first-order chi connectivity index (χ1) is 9.95. The lowest BCUT2D eigenvalue weighted by Crippen LogP contribution is -2.30. The van der Waals surface area contributed by atoms with Crippen molar-refractivity contribution < 1.29 is 22.4 Å². The second-order valence-corrected chi connectivity index (χ2v) is 5.34. The van der Waals surface area contributed by atoms with Gasteiger partial charge in [0.1, 0.15) is 5.60 Å². The van der Waals surface area contributed by atoms with Crippen LogP contribution in [0.4, 0.5) is 13.2 Å². The molecular formula is C13H20F3N3O2. The van der Waals surface area contributed by atoms with E-state index in [9.17, 15) is 13.2 Å². The van der Waals surface area contributed by atoms with Gasteiger partial charge in [0.15, 0.2) is 0 Å². The van der Waals surface area contributed by atoms with Gasteiger partial charge in [-0.2, -0.15) is 18.2 Å². The van der Waals surface area contributed by atoms with Gasteiger partial charge in [0, 0.05) is 7.11 Å². The van der Waals surface area contributed by atoms with Crippen molar-refractivity contribution in [3.05, 3.63) is 11.7 Å². The van der Waals surface area contributed by atoms with Crippen LogP contribution < -0.4 is 5.32 Å². The van der Waals surface area contributed by atoms with Gasteiger partial charge in [-0.25, -0.2) is 0 Å². The Labute approximate surface area is 121 Å². The summed E-state index contributed by atoms with van der Waals surface area (Å²) in [6, 6.07) is 0. The summed E-state index contributed by atoms with van der Waals surface area (Å²) in [5.41, 5.74) is -0.567. The molecule has 1 aromatic heterocycles. The molecule has 1 aromatic rings. The van der Waals surface area contributed by atoms with E-state index in [0.717, 1.165) is 38.5 Å². The molecule has 1 fully saturated rings. The normalized spacial score (nSPS) is 19.4. The van der Waals surface area contributed by atoms with E-state index in [0.29, 0.717) is 5.82 Å². The molecule has 1 aliphatic carbocycles. The highest BCUT2D eigenvalue weighted by Gasteiger charge is 2.37. The van der Waals surface area contributed by atoms with Gasteiger partial charge in [-0.05, 0) is 12.8 Å². The lowest BCUT2D eigenvalue weighted by Gasteiger charge is -2.27. The molecule has 0 amide bonds. The zero-order valence-corrected chi connectivity index (χ0v) is 12.0. The van der Waals surface area contributed by atoms with E-state index in [1.54, 1.807) is 7.11 Å². The number of methoxy groups -OCH3 is 1. The molecule has 1 N–H and O–H groups in total. The Morgan fingerprint density at radius 2 is 1.90 bits per heavy atom. The van der Waals surface area contributed by atoms with Crippen molar-refractivity contribution in [1.29, 1.82) is 0 Å². The van der Waals surface area contributed by atoms with Crippen molar-refractivity contribution >= 4 is 0 Å². The van der Waals surface area contributed by atoms with Gasteiger partial charge in [0.2, 0.25) is 11.7 Å². The molecule has 0 saturated heterocycles. The molecule has 1 saturated carbocycles. The molecule has 0 radical (unpaired) electrons.